The van der Waals surface area contributed by atoms with Crippen molar-refractivity contribution in [3.05, 3.63) is 39.7 Å². The first kappa shape index (κ1) is 14.3. The van der Waals surface area contributed by atoms with Crippen LogP contribution in [0.3, 0.4) is 0 Å². The quantitative estimate of drug-likeness (QED) is 0.849. The summed E-state index contributed by atoms with van der Waals surface area (Å²) in [5, 5.41) is 14.5. The van der Waals surface area contributed by atoms with Gasteiger partial charge in [0.15, 0.2) is 5.76 Å². The standard InChI is InChI=1S/C13H14N2O4S/c1-2-9-8(13(17)18)7-10(19-9)12(16)15-4-3-11-14-5-6-20-11/h5-7H,2-4H2,1H3,(H,15,16)(H,17,18). The zero-order valence-corrected chi connectivity index (χ0v) is 11.7. The van der Waals surface area contributed by atoms with E-state index in [-0.39, 0.29) is 11.3 Å². The smallest absolute Gasteiger partial charge is 0.339 e. The van der Waals surface area contributed by atoms with Gasteiger partial charge in [0, 0.05) is 37.0 Å². The second-order valence-electron chi connectivity index (χ2n) is 4.04. The number of carbonyl (C=O) groups excluding carboxylic acids is 1. The summed E-state index contributed by atoms with van der Waals surface area (Å²) in [6, 6.07) is 1.26. The first-order valence-electron chi connectivity index (χ1n) is 6.14. The van der Waals surface area contributed by atoms with E-state index >= 15 is 0 Å². The summed E-state index contributed by atoms with van der Waals surface area (Å²) in [6.45, 7) is 2.20. The highest BCUT2D eigenvalue weighted by atomic mass is 32.1. The molecular weight excluding hydrogens is 280 g/mol. The fraction of sp³-hybridized carbons (Fsp3) is 0.308. The largest absolute Gasteiger partial charge is 0.478 e. The molecule has 0 spiro atoms. The Morgan fingerprint density at radius 3 is 2.85 bits per heavy atom. The van der Waals surface area contributed by atoms with Gasteiger partial charge < -0.3 is 14.8 Å². The second-order valence-corrected chi connectivity index (χ2v) is 5.02. The number of amides is 1. The molecular formula is C13H14N2O4S. The van der Waals surface area contributed by atoms with Gasteiger partial charge in [-0.3, -0.25) is 4.79 Å². The van der Waals surface area contributed by atoms with Crippen LogP contribution in [0, 0.1) is 0 Å². The predicted octanol–water partition coefficient (Wildman–Crippen LogP) is 1.97. The second kappa shape index (κ2) is 6.33. The van der Waals surface area contributed by atoms with Gasteiger partial charge in [0.2, 0.25) is 0 Å². The van der Waals surface area contributed by atoms with E-state index in [1.54, 1.807) is 13.1 Å². The number of furan rings is 1. The fourth-order valence-corrected chi connectivity index (χ4v) is 2.35. The number of nitrogens with zero attached hydrogens (tertiary/aromatic N) is 1. The molecule has 0 fully saturated rings. The van der Waals surface area contributed by atoms with Gasteiger partial charge >= 0.3 is 5.97 Å². The van der Waals surface area contributed by atoms with Crippen LogP contribution >= 0.6 is 11.3 Å². The van der Waals surface area contributed by atoms with Crippen LogP contribution in [0.2, 0.25) is 0 Å². The van der Waals surface area contributed by atoms with Gasteiger partial charge in [-0.1, -0.05) is 6.92 Å². The molecule has 2 heterocycles. The normalized spacial score (nSPS) is 10.4. The van der Waals surface area contributed by atoms with Crippen molar-refractivity contribution < 1.29 is 19.1 Å². The number of carboxylic acids is 1. The molecule has 0 radical (unpaired) electrons. The molecule has 0 aliphatic carbocycles. The third-order valence-corrected chi connectivity index (χ3v) is 3.53. The minimum absolute atomic E-state index is 0.0263. The number of aryl methyl sites for hydroxylation is 1. The monoisotopic (exact) mass is 294 g/mol. The Bertz CT molecular complexity index is 604. The van der Waals surface area contributed by atoms with E-state index in [4.69, 9.17) is 9.52 Å². The van der Waals surface area contributed by atoms with E-state index in [1.807, 2.05) is 5.38 Å². The molecule has 2 rings (SSSR count). The van der Waals surface area contributed by atoms with Crippen LogP contribution in [0.15, 0.2) is 22.1 Å². The highest BCUT2D eigenvalue weighted by Crippen LogP contribution is 2.16. The topological polar surface area (TPSA) is 92.4 Å². The van der Waals surface area contributed by atoms with Gasteiger partial charge in [-0.25, -0.2) is 9.78 Å². The molecule has 0 saturated heterocycles. The Morgan fingerprint density at radius 2 is 2.30 bits per heavy atom. The van der Waals surface area contributed by atoms with E-state index in [0.717, 1.165) is 5.01 Å². The Labute approximate surface area is 119 Å². The van der Waals surface area contributed by atoms with Crippen molar-refractivity contribution in [2.24, 2.45) is 0 Å². The number of nitrogens with one attached hydrogen (secondary N) is 1. The van der Waals surface area contributed by atoms with Crippen molar-refractivity contribution in [1.29, 1.82) is 0 Å². The van der Waals surface area contributed by atoms with Crippen molar-refractivity contribution in [3.63, 3.8) is 0 Å². The summed E-state index contributed by atoms with van der Waals surface area (Å²) < 4.78 is 5.27. The van der Waals surface area contributed by atoms with Crippen molar-refractivity contribution in [3.8, 4) is 0 Å². The van der Waals surface area contributed by atoms with Gasteiger partial charge in [0.05, 0.1) is 5.01 Å². The lowest BCUT2D eigenvalue weighted by atomic mass is 10.2. The summed E-state index contributed by atoms with van der Waals surface area (Å²) in [4.78, 5) is 27.0. The maximum Gasteiger partial charge on any atom is 0.339 e. The third-order valence-electron chi connectivity index (χ3n) is 2.69. The molecule has 20 heavy (non-hydrogen) atoms. The molecule has 6 nitrogen and oxygen atoms in total. The lowest BCUT2D eigenvalue weighted by Gasteiger charge is -2.00. The molecule has 7 heteroatoms. The van der Waals surface area contributed by atoms with Crippen LogP contribution < -0.4 is 5.32 Å². The van der Waals surface area contributed by atoms with Gasteiger partial charge in [-0.05, 0) is 0 Å². The highest BCUT2D eigenvalue weighted by molar-refractivity contribution is 7.09. The molecule has 106 valence electrons. The summed E-state index contributed by atoms with van der Waals surface area (Å²) in [7, 11) is 0. The van der Waals surface area contributed by atoms with Crippen LogP contribution in [0.1, 0.15) is 38.6 Å². The number of aromatic carboxylic acids is 1. The molecule has 2 aromatic rings. The number of aromatic nitrogens is 1. The van der Waals surface area contributed by atoms with Gasteiger partial charge in [-0.2, -0.15) is 0 Å². The average Bonchev–Trinajstić information content (AvgIpc) is 3.07. The van der Waals surface area contributed by atoms with Gasteiger partial charge in [0.25, 0.3) is 5.91 Å². The summed E-state index contributed by atoms with van der Waals surface area (Å²) in [6.07, 6.45) is 2.77. The first-order valence-corrected chi connectivity index (χ1v) is 7.02. The number of thiazole rings is 1. The number of rotatable bonds is 6. The summed E-state index contributed by atoms with van der Waals surface area (Å²) in [5.41, 5.74) is 0.0394. The Balaban J connectivity index is 1.97. The number of carboxylic acid groups (broad SMARTS) is 1. The van der Waals surface area contributed by atoms with Crippen LogP contribution in [-0.2, 0) is 12.8 Å². The molecule has 2 aromatic heterocycles. The molecule has 0 aliphatic rings. The van der Waals surface area contributed by atoms with Crippen molar-refractivity contribution in [2.45, 2.75) is 19.8 Å². The van der Waals surface area contributed by atoms with Crippen molar-refractivity contribution in [2.75, 3.05) is 6.54 Å². The predicted molar refractivity (Wildman–Crippen MR) is 73.2 cm³/mol. The zero-order chi connectivity index (χ0) is 14.5. The van der Waals surface area contributed by atoms with Crippen LogP contribution in [0.4, 0.5) is 0 Å². The maximum atomic E-state index is 11.9. The van der Waals surface area contributed by atoms with Crippen molar-refractivity contribution >= 4 is 23.2 Å². The molecule has 0 atom stereocenters. The third kappa shape index (κ3) is 3.24. The molecule has 2 N–H and O–H groups in total. The minimum atomic E-state index is -1.09. The Morgan fingerprint density at radius 1 is 1.50 bits per heavy atom. The Kier molecular flexibility index (Phi) is 4.52. The molecule has 0 aromatic carbocycles. The molecule has 1 amide bonds. The van der Waals surface area contributed by atoms with E-state index in [2.05, 4.69) is 10.3 Å². The Hall–Kier alpha value is -2.15. The number of hydrogen-bond acceptors (Lipinski definition) is 5. The van der Waals surface area contributed by atoms with E-state index in [9.17, 15) is 9.59 Å². The van der Waals surface area contributed by atoms with Crippen molar-refractivity contribution in [1.82, 2.24) is 10.3 Å². The van der Waals surface area contributed by atoms with E-state index in [0.29, 0.717) is 25.1 Å². The lowest BCUT2D eigenvalue weighted by Crippen LogP contribution is -2.25. The van der Waals surface area contributed by atoms with Gasteiger partial charge in [0.1, 0.15) is 11.3 Å². The highest BCUT2D eigenvalue weighted by Gasteiger charge is 2.19. The molecule has 0 saturated carbocycles. The lowest BCUT2D eigenvalue weighted by molar-refractivity contribution is 0.0694. The first-order chi connectivity index (χ1) is 9.61. The molecule has 0 bridgehead atoms. The van der Waals surface area contributed by atoms with E-state index < -0.39 is 11.9 Å². The molecule has 0 aliphatic heterocycles. The minimum Gasteiger partial charge on any atom is -0.478 e. The summed E-state index contributed by atoms with van der Waals surface area (Å²) >= 11 is 1.52. The van der Waals surface area contributed by atoms with E-state index in [1.165, 1.54) is 17.4 Å². The molecule has 0 unspecified atom stereocenters. The SMILES string of the molecule is CCc1oc(C(=O)NCCc2nccs2)cc1C(=O)O. The average molecular weight is 294 g/mol. The number of hydrogen-bond donors (Lipinski definition) is 2. The number of carbonyl (C=O) groups is 2. The van der Waals surface area contributed by atoms with Crippen LogP contribution in [-0.4, -0.2) is 28.5 Å². The van der Waals surface area contributed by atoms with Crippen LogP contribution in [0.5, 0.6) is 0 Å². The van der Waals surface area contributed by atoms with Crippen LogP contribution in [0.25, 0.3) is 0 Å². The maximum absolute atomic E-state index is 11.9. The fourth-order valence-electron chi connectivity index (χ4n) is 1.73. The van der Waals surface area contributed by atoms with Gasteiger partial charge in [-0.15, -0.1) is 11.3 Å². The summed E-state index contributed by atoms with van der Waals surface area (Å²) in [5.74, 6) is -1.17. The zero-order valence-electron chi connectivity index (χ0n) is 10.9.